The Morgan fingerprint density at radius 2 is 1.77 bits per heavy atom. The van der Waals surface area contributed by atoms with Crippen LogP contribution in [-0.2, 0) is 17.9 Å². The zero-order valence-corrected chi connectivity index (χ0v) is 15.2. The van der Waals surface area contributed by atoms with E-state index < -0.39 is 0 Å². The largest absolute Gasteiger partial charge is 0.380 e. The Morgan fingerprint density at radius 1 is 1.00 bits per heavy atom. The van der Waals surface area contributed by atoms with Crippen molar-refractivity contribution >= 4 is 17.2 Å². The molecule has 2 aromatic rings. The molecule has 1 saturated heterocycles. The molecule has 1 spiro atoms. The Morgan fingerprint density at radius 3 is 2.58 bits per heavy atom. The highest BCUT2D eigenvalue weighted by Crippen LogP contribution is 2.35. The number of aliphatic imine (C=N–C) groups is 1. The van der Waals surface area contributed by atoms with Crippen LogP contribution in [0.1, 0.15) is 24.0 Å². The number of anilines is 2. The van der Waals surface area contributed by atoms with Crippen molar-refractivity contribution in [1.29, 1.82) is 0 Å². The van der Waals surface area contributed by atoms with E-state index in [1.807, 2.05) is 0 Å². The number of ether oxygens (including phenoxy) is 1. The molecule has 0 amide bonds. The number of hydrogen-bond donors (Lipinski definition) is 3. The first kappa shape index (κ1) is 17.1. The maximum Gasteiger partial charge on any atom is 0.127 e. The van der Waals surface area contributed by atoms with E-state index in [1.54, 1.807) is 7.11 Å². The van der Waals surface area contributed by atoms with E-state index in [-0.39, 0.29) is 5.54 Å². The Labute approximate surface area is 154 Å². The molecule has 0 bridgehead atoms. The molecule has 0 saturated carbocycles. The molecular formula is C21H26N4O. The second-order valence-electron chi connectivity index (χ2n) is 7.05. The van der Waals surface area contributed by atoms with Gasteiger partial charge >= 0.3 is 0 Å². The number of methoxy groups -OCH3 is 1. The van der Waals surface area contributed by atoms with Gasteiger partial charge < -0.3 is 20.7 Å². The molecule has 2 heterocycles. The monoisotopic (exact) mass is 350 g/mol. The normalized spacial score (nSPS) is 19.7. The first-order valence-corrected chi connectivity index (χ1v) is 9.26. The van der Waals surface area contributed by atoms with Crippen LogP contribution in [0.4, 0.5) is 11.4 Å². The molecule has 0 atom stereocenters. The van der Waals surface area contributed by atoms with E-state index in [0.717, 1.165) is 43.1 Å². The van der Waals surface area contributed by atoms with Crippen molar-refractivity contribution in [3.63, 3.8) is 0 Å². The van der Waals surface area contributed by atoms with Gasteiger partial charge in [-0.3, -0.25) is 4.99 Å². The second kappa shape index (κ2) is 7.48. The molecule has 4 rings (SSSR count). The topological polar surface area (TPSA) is 57.7 Å². The highest BCUT2D eigenvalue weighted by atomic mass is 16.5. The Hall–Kier alpha value is -2.37. The minimum atomic E-state index is -0.107. The van der Waals surface area contributed by atoms with Gasteiger partial charge in [0.25, 0.3) is 0 Å². The lowest BCUT2D eigenvalue weighted by Gasteiger charge is -2.44. The summed E-state index contributed by atoms with van der Waals surface area (Å²) in [6.07, 6.45) is 2.05. The minimum absolute atomic E-state index is 0.107. The van der Waals surface area contributed by atoms with Crippen LogP contribution in [0.15, 0.2) is 53.5 Å². The van der Waals surface area contributed by atoms with Crippen LogP contribution in [0.5, 0.6) is 0 Å². The summed E-state index contributed by atoms with van der Waals surface area (Å²) >= 11 is 0. The molecule has 2 aromatic carbocycles. The van der Waals surface area contributed by atoms with Gasteiger partial charge in [-0.1, -0.05) is 36.4 Å². The van der Waals surface area contributed by atoms with E-state index in [4.69, 9.17) is 9.73 Å². The number of nitrogens with zero attached hydrogens (tertiary/aromatic N) is 1. The maximum absolute atomic E-state index is 5.24. The third kappa shape index (κ3) is 3.45. The maximum atomic E-state index is 5.24. The molecule has 1 fully saturated rings. The number of para-hydroxylation sites is 2. The van der Waals surface area contributed by atoms with Crippen LogP contribution in [0.3, 0.4) is 0 Å². The first-order valence-electron chi connectivity index (χ1n) is 9.26. The summed E-state index contributed by atoms with van der Waals surface area (Å²) in [4.78, 5) is 5.00. The number of hydrogen-bond acceptors (Lipinski definition) is 4. The third-order valence-electron chi connectivity index (χ3n) is 5.19. The third-order valence-corrected chi connectivity index (χ3v) is 5.19. The van der Waals surface area contributed by atoms with E-state index in [2.05, 4.69) is 64.5 Å². The number of benzene rings is 2. The standard InChI is InChI=1S/C21H26N4O/c1-26-15-17-6-4-5-16(13-17)14-23-20-21(9-11-22-12-10-21)25-19-8-3-2-7-18(19)24-20/h2-8,13,22,25H,9-12,14-15H2,1H3,(H,23,24). The van der Waals surface area contributed by atoms with Crippen LogP contribution in [0, 0.1) is 0 Å². The molecule has 26 heavy (non-hydrogen) atoms. The summed E-state index contributed by atoms with van der Waals surface area (Å²) in [6, 6.07) is 16.8. The van der Waals surface area contributed by atoms with Gasteiger partial charge in [-0.05, 0) is 49.2 Å². The fourth-order valence-electron chi connectivity index (χ4n) is 3.83. The van der Waals surface area contributed by atoms with Crippen molar-refractivity contribution in [2.75, 3.05) is 30.8 Å². The first-order chi connectivity index (χ1) is 12.8. The second-order valence-corrected chi connectivity index (χ2v) is 7.05. The summed E-state index contributed by atoms with van der Waals surface area (Å²) < 4.78 is 5.24. The number of fused-ring (bicyclic) bond motifs is 1. The Bertz CT molecular complexity index is 796. The summed E-state index contributed by atoms with van der Waals surface area (Å²) in [6.45, 7) is 3.30. The fourth-order valence-corrected chi connectivity index (χ4v) is 3.83. The molecular weight excluding hydrogens is 324 g/mol. The predicted octanol–water partition coefficient (Wildman–Crippen LogP) is 3.39. The predicted molar refractivity (Wildman–Crippen MR) is 107 cm³/mol. The SMILES string of the molecule is COCc1cccc(CN=C2Nc3ccccc3NC23CCNCC3)c1. The summed E-state index contributed by atoms with van der Waals surface area (Å²) in [7, 11) is 1.73. The van der Waals surface area contributed by atoms with Gasteiger partial charge in [0.1, 0.15) is 5.84 Å². The number of piperidine rings is 1. The quantitative estimate of drug-likeness (QED) is 0.791. The zero-order valence-electron chi connectivity index (χ0n) is 15.2. The summed E-state index contributed by atoms with van der Waals surface area (Å²) in [5.74, 6) is 1.05. The Kier molecular flexibility index (Phi) is 4.91. The van der Waals surface area contributed by atoms with Gasteiger partial charge in [-0.25, -0.2) is 0 Å². The minimum Gasteiger partial charge on any atom is -0.380 e. The van der Waals surface area contributed by atoms with E-state index in [0.29, 0.717) is 13.2 Å². The van der Waals surface area contributed by atoms with Crippen LogP contribution in [0.25, 0.3) is 0 Å². The fraction of sp³-hybridized carbons (Fsp3) is 0.381. The van der Waals surface area contributed by atoms with Crippen molar-refractivity contribution in [2.24, 2.45) is 4.99 Å². The highest BCUT2D eigenvalue weighted by molar-refractivity contribution is 6.09. The molecule has 2 aliphatic heterocycles. The lowest BCUT2D eigenvalue weighted by atomic mass is 9.84. The molecule has 0 aromatic heterocycles. The van der Waals surface area contributed by atoms with Crippen molar-refractivity contribution in [3.8, 4) is 0 Å². The number of amidine groups is 1. The lowest BCUT2D eigenvalue weighted by molar-refractivity contribution is 0.185. The number of nitrogens with one attached hydrogen (secondary N) is 3. The van der Waals surface area contributed by atoms with Crippen LogP contribution in [-0.4, -0.2) is 31.6 Å². The molecule has 0 aliphatic carbocycles. The molecule has 5 heteroatoms. The summed E-state index contributed by atoms with van der Waals surface area (Å²) in [5, 5.41) is 10.8. The van der Waals surface area contributed by atoms with Gasteiger partial charge in [-0.2, -0.15) is 0 Å². The van der Waals surface area contributed by atoms with E-state index >= 15 is 0 Å². The average Bonchev–Trinajstić information content (AvgIpc) is 2.68. The smallest absolute Gasteiger partial charge is 0.127 e. The molecule has 3 N–H and O–H groups in total. The van der Waals surface area contributed by atoms with Gasteiger partial charge in [0.2, 0.25) is 0 Å². The van der Waals surface area contributed by atoms with Crippen molar-refractivity contribution in [1.82, 2.24) is 5.32 Å². The zero-order chi connectivity index (χ0) is 17.8. The highest BCUT2D eigenvalue weighted by Gasteiger charge is 2.40. The van der Waals surface area contributed by atoms with Gasteiger partial charge in [0, 0.05) is 7.11 Å². The van der Waals surface area contributed by atoms with Crippen LogP contribution < -0.4 is 16.0 Å². The number of rotatable bonds is 4. The van der Waals surface area contributed by atoms with Gasteiger partial charge in [0.15, 0.2) is 0 Å². The molecule has 2 aliphatic rings. The molecule has 0 radical (unpaired) electrons. The molecule has 0 unspecified atom stereocenters. The summed E-state index contributed by atoms with van der Waals surface area (Å²) in [5.41, 5.74) is 4.54. The lowest BCUT2D eigenvalue weighted by Crippen LogP contribution is -2.57. The average molecular weight is 350 g/mol. The van der Waals surface area contributed by atoms with E-state index in [9.17, 15) is 0 Å². The van der Waals surface area contributed by atoms with Crippen molar-refractivity contribution < 1.29 is 4.74 Å². The van der Waals surface area contributed by atoms with Crippen LogP contribution in [0.2, 0.25) is 0 Å². The van der Waals surface area contributed by atoms with Crippen molar-refractivity contribution in [2.45, 2.75) is 31.5 Å². The van der Waals surface area contributed by atoms with Gasteiger partial charge in [0.05, 0.1) is 30.1 Å². The van der Waals surface area contributed by atoms with Crippen LogP contribution >= 0.6 is 0 Å². The van der Waals surface area contributed by atoms with E-state index in [1.165, 1.54) is 11.1 Å². The van der Waals surface area contributed by atoms with Crippen molar-refractivity contribution in [3.05, 3.63) is 59.7 Å². The van der Waals surface area contributed by atoms with Gasteiger partial charge in [-0.15, -0.1) is 0 Å². The molecule has 5 nitrogen and oxygen atoms in total. The molecule has 136 valence electrons. The Balaban J connectivity index is 1.62.